The van der Waals surface area contributed by atoms with E-state index in [1.165, 1.54) is 12.1 Å². The maximum absolute atomic E-state index is 10.6. The highest BCUT2D eigenvalue weighted by atomic mass is 35.5. The lowest BCUT2D eigenvalue weighted by molar-refractivity contribution is -0.382. The van der Waals surface area contributed by atoms with Gasteiger partial charge in [-0.15, -0.1) is 11.3 Å². The second-order valence-corrected chi connectivity index (χ2v) is 3.94. The third kappa shape index (κ3) is 1.21. The number of benzene rings is 1. The molecule has 4 nitrogen and oxygen atoms in total. The Labute approximate surface area is 87.5 Å². The van der Waals surface area contributed by atoms with Crippen LogP contribution < -0.4 is 0 Å². The van der Waals surface area contributed by atoms with Gasteiger partial charge in [0.1, 0.15) is 10.4 Å². The fourth-order valence-corrected chi connectivity index (χ4v) is 2.54. The Morgan fingerprint density at radius 3 is 2.86 bits per heavy atom. The smallest absolute Gasteiger partial charge is 0.287 e. The Balaban J connectivity index is 2.90. The molecule has 1 heterocycles. The Hall–Kier alpha value is -1.33. The van der Waals surface area contributed by atoms with E-state index in [4.69, 9.17) is 11.6 Å². The lowest BCUT2D eigenvalue weighted by Gasteiger charge is -1.96. The van der Waals surface area contributed by atoms with Gasteiger partial charge in [-0.2, -0.15) is 0 Å². The Morgan fingerprint density at radius 2 is 2.21 bits per heavy atom. The van der Waals surface area contributed by atoms with Crippen LogP contribution in [0.25, 0.3) is 10.1 Å². The average molecular weight is 230 g/mol. The fourth-order valence-electron chi connectivity index (χ4n) is 1.22. The molecule has 0 fully saturated rings. The molecule has 0 spiro atoms. The van der Waals surface area contributed by atoms with Gasteiger partial charge < -0.3 is 5.11 Å². The molecule has 1 N–H and O–H groups in total. The van der Waals surface area contributed by atoms with Crippen LogP contribution in [0, 0.1) is 10.1 Å². The SMILES string of the molecule is O=[N+]([O-])c1ccc(O)c2c(Cl)csc12. The molecule has 0 aliphatic carbocycles. The van der Waals surface area contributed by atoms with Crippen LogP contribution in [0.15, 0.2) is 17.5 Å². The lowest BCUT2D eigenvalue weighted by Crippen LogP contribution is -1.87. The summed E-state index contributed by atoms with van der Waals surface area (Å²) in [6.45, 7) is 0. The monoisotopic (exact) mass is 229 g/mol. The minimum atomic E-state index is -0.491. The van der Waals surface area contributed by atoms with E-state index in [1.54, 1.807) is 5.38 Å². The lowest BCUT2D eigenvalue weighted by atomic mass is 10.2. The standard InChI is InChI=1S/C8H4ClNO3S/c9-4-3-14-8-5(10(12)13)1-2-6(11)7(4)8/h1-3,11H. The van der Waals surface area contributed by atoms with Gasteiger partial charge in [-0.3, -0.25) is 10.1 Å². The van der Waals surface area contributed by atoms with Crippen molar-refractivity contribution in [2.75, 3.05) is 0 Å². The molecule has 2 rings (SSSR count). The highest BCUT2D eigenvalue weighted by molar-refractivity contribution is 7.18. The molecule has 0 atom stereocenters. The molecular formula is C8H4ClNO3S. The highest BCUT2D eigenvalue weighted by Gasteiger charge is 2.17. The van der Waals surface area contributed by atoms with Crippen LogP contribution in [0.2, 0.25) is 5.02 Å². The number of rotatable bonds is 1. The highest BCUT2D eigenvalue weighted by Crippen LogP contribution is 2.41. The first-order chi connectivity index (χ1) is 6.61. The Bertz CT molecular complexity index is 523. The van der Waals surface area contributed by atoms with Crippen LogP contribution in [-0.4, -0.2) is 10.0 Å². The van der Waals surface area contributed by atoms with E-state index in [9.17, 15) is 15.2 Å². The van der Waals surface area contributed by atoms with E-state index in [2.05, 4.69) is 0 Å². The second-order valence-electron chi connectivity index (χ2n) is 2.65. The van der Waals surface area contributed by atoms with Crippen molar-refractivity contribution in [2.24, 2.45) is 0 Å². The first-order valence-corrected chi connectivity index (χ1v) is 4.90. The van der Waals surface area contributed by atoms with E-state index in [1.807, 2.05) is 0 Å². The summed E-state index contributed by atoms with van der Waals surface area (Å²) < 4.78 is 0.403. The van der Waals surface area contributed by atoms with Gasteiger partial charge in [-0.05, 0) is 6.07 Å². The first kappa shape index (κ1) is 9.23. The number of thiophene rings is 1. The van der Waals surface area contributed by atoms with E-state index in [-0.39, 0.29) is 11.4 Å². The molecule has 6 heteroatoms. The quantitative estimate of drug-likeness (QED) is 0.603. The number of halogens is 1. The van der Waals surface area contributed by atoms with Gasteiger partial charge in [0.25, 0.3) is 5.69 Å². The Morgan fingerprint density at radius 1 is 1.50 bits per heavy atom. The maximum Gasteiger partial charge on any atom is 0.287 e. The molecule has 14 heavy (non-hydrogen) atoms. The van der Waals surface area contributed by atoms with Crippen LogP contribution in [0.4, 0.5) is 5.69 Å². The third-order valence-electron chi connectivity index (χ3n) is 1.83. The number of non-ortho nitro benzene ring substituents is 1. The van der Waals surface area contributed by atoms with Gasteiger partial charge in [0.05, 0.1) is 15.3 Å². The summed E-state index contributed by atoms with van der Waals surface area (Å²) in [5.74, 6) is -0.0307. The summed E-state index contributed by atoms with van der Waals surface area (Å²) >= 11 is 6.93. The molecule has 1 aromatic heterocycles. The third-order valence-corrected chi connectivity index (χ3v) is 3.26. The molecule has 0 aliphatic rings. The number of hydrogen-bond donors (Lipinski definition) is 1. The number of nitro groups is 1. The second kappa shape index (κ2) is 3.11. The van der Waals surface area contributed by atoms with Crippen LogP contribution in [-0.2, 0) is 0 Å². The van der Waals surface area contributed by atoms with Crippen molar-refractivity contribution >= 4 is 38.7 Å². The zero-order valence-electron chi connectivity index (χ0n) is 6.73. The van der Waals surface area contributed by atoms with E-state index in [0.29, 0.717) is 15.1 Å². The predicted molar refractivity (Wildman–Crippen MR) is 55.2 cm³/mol. The Kier molecular flexibility index (Phi) is 2.05. The zero-order chi connectivity index (χ0) is 10.3. The van der Waals surface area contributed by atoms with Crippen molar-refractivity contribution < 1.29 is 10.0 Å². The molecule has 0 saturated heterocycles. The molecule has 0 saturated carbocycles. The van der Waals surface area contributed by atoms with Gasteiger partial charge in [-0.25, -0.2) is 0 Å². The maximum atomic E-state index is 10.6. The number of nitro benzene ring substituents is 1. The van der Waals surface area contributed by atoms with Gasteiger partial charge >= 0.3 is 0 Å². The topological polar surface area (TPSA) is 63.4 Å². The van der Waals surface area contributed by atoms with Gasteiger partial charge in [-0.1, -0.05) is 11.6 Å². The van der Waals surface area contributed by atoms with Crippen molar-refractivity contribution in [3.8, 4) is 5.75 Å². The summed E-state index contributed by atoms with van der Waals surface area (Å²) in [4.78, 5) is 10.1. The summed E-state index contributed by atoms with van der Waals surface area (Å²) in [5, 5.41) is 22.3. The summed E-state index contributed by atoms with van der Waals surface area (Å²) in [7, 11) is 0. The zero-order valence-corrected chi connectivity index (χ0v) is 8.30. The molecule has 0 aliphatic heterocycles. The van der Waals surface area contributed by atoms with Gasteiger partial charge in [0, 0.05) is 11.4 Å². The molecule has 0 unspecified atom stereocenters. The van der Waals surface area contributed by atoms with Crippen LogP contribution in [0.5, 0.6) is 5.75 Å². The first-order valence-electron chi connectivity index (χ1n) is 3.64. The fraction of sp³-hybridized carbons (Fsp3) is 0. The van der Waals surface area contributed by atoms with Crippen molar-refractivity contribution in [3.63, 3.8) is 0 Å². The minimum Gasteiger partial charge on any atom is -0.507 e. The number of fused-ring (bicyclic) bond motifs is 1. The van der Waals surface area contributed by atoms with Crippen molar-refractivity contribution in [1.29, 1.82) is 0 Å². The van der Waals surface area contributed by atoms with E-state index < -0.39 is 4.92 Å². The van der Waals surface area contributed by atoms with Crippen molar-refractivity contribution in [1.82, 2.24) is 0 Å². The van der Waals surface area contributed by atoms with Crippen molar-refractivity contribution in [2.45, 2.75) is 0 Å². The minimum absolute atomic E-state index is 0.0307. The molecule has 1 aromatic carbocycles. The summed E-state index contributed by atoms with van der Waals surface area (Å²) in [6, 6.07) is 2.55. The number of phenolic OH excluding ortho intramolecular Hbond substituents is 1. The van der Waals surface area contributed by atoms with Crippen LogP contribution >= 0.6 is 22.9 Å². The molecule has 0 radical (unpaired) electrons. The largest absolute Gasteiger partial charge is 0.507 e. The number of hydrogen-bond acceptors (Lipinski definition) is 4. The molecule has 2 aromatic rings. The van der Waals surface area contributed by atoms with E-state index >= 15 is 0 Å². The van der Waals surface area contributed by atoms with Crippen LogP contribution in [0.1, 0.15) is 0 Å². The molecular weight excluding hydrogens is 226 g/mol. The molecule has 0 bridgehead atoms. The van der Waals surface area contributed by atoms with Gasteiger partial charge in [0.15, 0.2) is 0 Å². The molecule has 72 valence electrons. The number of phenols is 1. The predicted octanol–water partition coefficient (Wildman–Crippen LogP) is 3.17. The van der Waals surface area contributed by atoms with Gasteiger partial charge in [0.2, 0.25) is 0 Å². The van der Waals surface area contributed by atoms with Crippen molar-refractivity contribution in [3.05, 3.63) is 32.6 Å². The summed E-state index contributed by atoms with van der Waals surface area (Å²) in [5.41, 5.74) is -0.0327. The number of aromatic hydroxyl groups is 1. The summed E-state index contributed by atoms with van der Waals surface area (Å²) in [6.07, 6.45) is 0. The van der Waals surface area contributed by atoms with Crippen LogP contribution in [0.3, 0.4) is 0 Å². The molecule has 0 amide bonds. The average Bonchev–Trinajstić information content (AvgIpc) is 2.49. The normalized spacial score (nSPS) is 10.6. The number of nitrogens with zero attached hydrogens (tertiary/aromatic N) is 1. The van der Waals surface area contributed by atoms with E-state index in [0.717, 1.165) is 11.3 Å².